The Morgan fingerprint density at radius 1 is 1.47 bits per heavy atom. The van der Waals surface area contributed by atoms with Gasteiger partial charge in [-0.1, -0.05) is 15.9 Å². The fourth-order valence-corrected chi connectivity index (χ4v) is 2.33. The van der Waals surface area contributed by atoms with Gasteiger partial charge in [-0.2, -0.15) is 5.10 Å². The maximum atomic E-state index is 5.64. The van der Waals surface area contributed by atoms with Crippen molar-refractivity contribution in [1.29, 1.82) is 0 Å². The minimum absolute atomic E-state index is 0.0374. The van der Waals surface area contributed by atoms with E-state index in [1.54, 1.807) is 11.8 Å². The van der Waals surface area contributed by atoms with Gasteiger partial charge in [0, 0.05) is 17.7 Å². The quantitative estimate of drug-likeness (QED) is 0.651. The molecule has 0 fully saturated rings. The Balaban J connectivity index is 2.23. The van der Waals surface area contributed by atoms with E-state index >= 15 is 0 Å². The molecule has 2 aromatic rings. The predicted octanol–water partition coefficient (Wildman–Crippen LogP) is 1.94. The summed E-state index contributed by atoms with van der Waals surface area (Å²) in [6.45, 7) is 0. The molecule has 3 N–H and O–H groups in total. The monoisotopic (exact) mass is 324 g/mol. The molecule has 0 aliphatic heterocycles. The van der Waals surface area contributed by atoms with Crippen LogP contribution in [0.25, 0.3) is 0 Å². The zero-order valence-electron chi connectivity index (χ0n) is 10.9. The van der Waals surface area contributed by atoms with Crippen molar-refractivity contribution in [2.24, 2.45) is 12.9 Å². The van der Waals surface area contributed by atoms with Crippen molar-refractivity contribution in [3.63, 3.8) is 0 Å². The smallest absolute Gasteiger partial charge is 0.119 e. The van der Waals surface area contributed by atoms with Crippen molar-refractivity contribution < 1.29 is 4.74 Å². The van der Waals surface area contributed by atoms with E-state index in [4.69, 9.17) is 10.6 Å². The molecule has 5 nitrogen and oxygen atoms in total. The van der Waals surface area contributed by atoms with Crippen LogP contribution in [0.15, 0.2) is 34.9 Å². The first-order chi connectivity index (χ1) is 9.13. The lowest BCUT2D eigenvalue weighted by atomic mass is 10.0. The molecule has 0 spiro atoms. The van der Waals surface area contributed by atoms with Crippen LogP contribution < -0.4 is 16.0 Å². The van der Waals surface area contributed by atoms with Crippen LogP contribution in [-0.2, 0) is 13.5 Å². The normalized spacial score (nSPS) is 12.4. The minimum Gasteiger partial charge on any atom is -0.497 e. The Hall–Kier alpha value is -1.37. The number of aromatic nitrogens is 2. The number of aryl methyl sites for hydroxylation is 1. The first kappa shape index (κ1) is 14.0. The van der Waals surface area contributed by atoms with Gasteiger partial charge in [-0.05, 0) is 36.2 Å². The molecule has 6 heteroatoms. The standard InChI is InChI=1S/C13H17BrN4O/c1-18-6-5-12(17-18)13(16-15)8-9-7-10(19-2)3-4-11(9)14/h3-7,13,16H,8,15H2,1-2H3. The van der Waals surface area contributed by atoms with E-state index in [2.05, 4.69) is 26.5 Å². The second-order valence-electron chi connectivity index (χ2n) is 4.29. The number of hydrogen-bond donors (Lipinski definition) is 2. The fraction of sp³-hybridized carbons (Fsp3) is 0.308. The number of nitrogens with zero attached hydrogens (tertiary/aromatic N) is 2. The van der Waals surface area contributed by atoms with Crippen LogP contribution in [0.1, 0.15) is 17.3 Å². The molecule has 0 aliphatic carbocycles. The van der Waals surface area contributed by atoms with Gasteiger partial charge in [-0.3, -0.25) is 16.0 Å². The van der Waals surface area contributed by atoms with E-state index in [9.17, 15) is 0 Å². The first-order valence-corrected chi connectivity index (χ1v) is 6.71. The van der Waals surface area contributed by atoms with E-state index in [1.165, 1.54) is 0 Å². The number of hydrazine groups is 1. The fourth-order valence-electron chi connectivity index (χ4n) is 1.92. The molecular formula is C13H17BrN4O. The van der Waals surface area contributed by atoms with Crippen LogP contribution >= 0.6 is 15.9 Å². The van der Waals surface area contributed by atoms with Crippen LogP contribution in [0, 0.1) is 0 Å². The van der Waals surface area contributed by atoms with Crippen molar-refractivity contribution in [3.05, 3.63) is 46.2 Å². The molecule has 0 bridgehead atoms. The molecule has 1 aromatic heterocycles. The topological polar surface area (TPSA) is 65.1 Å². The number of nitrogens with one attached hydrogen (secondary N) is 1. The molecule has 0 saturated carbocycles. The largest absolute Gasteiger partial charge is 0.497 e. The molecule has 102 valence electrons. The molecule has 1 aromatic carbocycles. The Bertz CT molecular complexity index is 555. The Morgan fingerprint density at radius 2 is 2.26 bits per heavy atom. The van der Waals surface area contributed by atoms with Crippen LogP contribution in [0.2, 0.25) is 0 Å². The number of hydrogen-bond acceptors (Lipinski definition) is 4. The molecule has 2 rings (SSSR count). The highest BCUT2D eigenvalue weighted by molar-refractivity contribution is 9.10. The molecule has 0 amide bonds. The number of benzene rings is 1. The Labute approximate surface area is 120 Å². The third-order valence-corrected chi connectivity index (χ3v) is 3.74. The zero-order valence-corrected chi connectivity index (χ0v) is 12.5. The van der Waals surface area contributed by atoms with Gasteiger partial charge < -0.3 is 4.74 Å². The molecule has 1 atom stereocenters. The van der Waals surface area contributed by atoms with E-state index in [0.717, 1.165) is 27.9 Å². The molecule has 19 heavy (non-hydrogen) atoms. The van der Waals surface area contributed by atoms with Gasteiger partial charge in [0.25, 0.3) is 0 Å². The Kier molecular flexibility index (Phi) is 4.57. The minimum atomic E-state index is -0.0374. The lowest BCUT2D eigenvalue weighted by Crippen LogP contribution is -2.30. The van der Waals surface area contributed by atoms with Gasteiger partial charge in [0.2, 0.25) is 0 Å². The predicted molar refractivity (Wildman–Crippen MR) is 77.7 cm³/mol. The van der Waals surface area contributed by atoms with Crippen molar-refractivity contribution in [2.45, 2.75) is 12.5 Å². The third-order valence-electron chi connectivity index (χ3n) is 2.97. The van der Waals surface area contributed by atoms with Crippen LogP contribution in [0.4, 0.5) is 0 Å². The van der Waals surface area contributed by atoms with Gasteiger partial charge >= 0.3 is 0 Å². The number of nitrogens with two attached hydrogens (primary N) is 1. The van der Waals surface area contributed by atoms with Gasteiger partial charge in [0.1, 0.15) is 5.75 Å². The van der Waals surface area contributed by atoms with Gasteiger partial charge in [-0.15, -0.1) is 0 Å². The summed E-state index contributed by atoms with van der Waals surface area (Å²) in [6.07, 6.45) is 2.63. The summed E-state index contributed by atoms with van der Waals surface area (Å²) < 4.78 is 8.04. The lowest BCUT2D eigenvalue weighted by molar-refractivity contribution is 0.413. The highest BCUT2D eigenvalue weighted by Gasteiger charge is 2.15. The second kappa shape index (κ2) is 6.18. The van der Waals surface area contributed by atoms with E-state index in [1.807, 2.05) is 37.5 Å². The summed E-state index contributed by atoms with van der Waals surface area (Å²) in [5.74, 6) is 6.47. The van der Waals surface area contributed by atoms with E-state index in [0.29, 0.717) is 0 Å². The first-order valence-electron chi connectivity index (χ1n) is 5.92. The lowest BCUT2D eigenvalue weighted by Gasteiger charge is -2.15. The van der Waals surface area contributed by atoms with Gasteiger partial charge in [-0.25, -0.2) is 0 Å². The summed E-state index contributed by atoms with van der Waals surface area (Å²) in [5, 5.41) is 4.38. The van der Waals surface area contributed by atoms with Crippen molar-refractivity contribution in [2.75, 3.05) is 7.11 Å². The van der Waals surface area contributed by atoms with Crippen molar-refractivity contribution in [1.82, 2.24) is 15.2 Å². The molecular weight excluding hydrogens is 308 g/mol. The second-order valence-corrected chi connectivity index (χ2v) is 5.15. The van der Waals surface area contributed by atoms with Crippen LogP contribution in [0.3, 0.4) is 0 Å². The van der Waals surface area contributed by atoms with Crippen molar-refractivity contribution in [3.8, 4) is 5.75 Å². The Morgan fingerprint density at radius 3 is 2.84 bits per heavy atom. The number of halogens is 1. The average Bonchev–Trinajstić information content (AvgIpc) is 2.84. The van der Waals surface area contributed by atoms with Crippen molar-refractivity contribution >= 4 is 15.9 Å². The summed E-state index contributed by atoms with van der Waals surface area (Å²) in [5.41, 5.74) is 4.84. The highest BCUT2D eigenvalue weighted by atomic mass is 79.9. The SMILES string of the molecule is COc1ccc(Br)c(CC(NN)c2ccn(C)n2)c1. The molecule has 0 saturated heterocycles. The summed E-state index contributed by atoms with van der Waals surface area (Å²) in [6, 6.07) is 7.81. The van der Waals surface area contributed by atoms with Crippen LogP contribution in [0.5, 0.6) is 5.75 Å². The third kappa shape index (κ3) is 3.34. The van der Waals surface area contributed by atoms with E-state index in [-0.39, 0.29) is 6.04 Å². The summed E-state index contributed by atoms with van der Waals surface area (Å²) in [7, 11) is 3.54. The van der Waals surface area contributed by atoms with Gasteiger partial charge in [0.15, 0.2) is 0 Å². The summed E-state index contributed by atoms with van der Waals surface area (Å²) in [4.78, 5) is 0. The maximum Gasteiger partial charge on any atom is 0.119 e. The number of rotatable bonds is 5. The molecule has 0 radical (unpaired) electrons. The molecule has 1 heterocycles. The number of methoxy groups -OCH3 is 1. The maximum absolute atomic E-state index is 5.64. The van der Waals surface area contributed by atoms with Gasteiger partial charge in [0.05, 0.1) is 18.8 Å². The molecule has 1 unspecified atom stereocenters. The molecule has 0 aliphatic rings. The van der Waals surface area contributed by atoms with Crippen LogP contribution in [-0.4, -0.2) is 16.9 Å². The zero-order chi connectivity index (χ0) is 13.8. The average molecular weight is 325 g/mol. The number of ether oxygens (including phenoxy) is 1. The summed E-state index contributed by atoms with van der Waals surface area (Å²) >= 11 is 3.55. The van der Waals surface area contributed by atoms with E-state index < -0.39 is 0 Å². The highest BCUT2D eigenvalue weighted by Crippen LogP contribution is 2.26.